The summed E-state index contributed by atoms with van der Waals surface area (Å²) >= 11 is 4.93. The molecule has 0 radical (unpaired) electrons. The summed E-state index contributed by atoms with van der Waals surface area (Å²) in [6.07, 6.45) is 3.26. The van der Waals surface area contributed by atoms with Crippen LogP contribution in [-0.4, -0.2) is 15.9 Å². The first-order chi connectivity index (χ1) is 9.56. The van der Waals surface area contributed by atoms with Gasteiger partial charge in [-0.3, -0.25) is 9.78 Å². The van der Waals surface area contributed by atoms with Crippen LogP contribution in [0.25, 0.3) is 0 Å². The van der Waals surface area contributed by atoms with Gasteiger partial charge < -0.3 is 11.1 Å². The summed E-state index contributed by atoms with van der Waals surface area (Å²) in [6.45, 7) is 2.32. The van der Waals surface area contributed by atoms with E-state index in [0.29, 0.717) is 17.1 Å². The number of hydrogen-bond donors (Lipinski definition) is 2. The third kappa shape index (κ3) is 3.61. The number of pyridine rings is 1. The lowest BCUT2D eigenvalue weighted by molar-refractivity contribution is 0.0950. The van der Waals surface area contributed by atoms with E-state index in [1.54, 1.807) is 18.5 Å². The number of nitrogens with two attached hydrogens (primary N) is 1. The Bertz CT molecular complexity index is 655. The van der Waals surface area contributed by atoms with E-state index >= 15 is 0 Å². The Kier molecular flexibility index (Phi) is 4.42. The topological polar surface area (TPSA) is 68.0 Å². The van der Waals surface area contributed by atoms with Crippen molar-refractivity contribution in [3.8, 4) is 0 Å². The van der Waals surface area contributed by atoms with Crippen LogP contribution in [0.3, 0.4) is 0 Å². The Morgan fingerprint density at radius 1 is 1.30 bits per heavy atom. The van der Waals surface area contributed by atoms with Gasteiger partial charge in [-0.2, -0.15) is 0 Å². The van der Waals surface area contributed by atoms with E-state index in [0.717, 1.165) is 16.7 Å². The molecule has 3 N–H and O–H groups in total. The highest BCUT2D eigenvalue weighted by molar-refractivity contribution is 7.80. The maximum Gasteiger partial charge on any atom is 0.253 e. The van der Waals surface area contributed by atoms with Crippen molar-refractivity contribution in [3.05, 3.63) is 65.0 Å². The molecule has 0 atom stereocenters. The van der Waals surface area contributed by atoms with E-state index in [2.05, 4.69) is 10.3 Å². The van der Waals surface area contributed by atoms with Crippen molar-refractivity contribution in [3.63, 3.8) is 0 Å². The molecule has 0 unspecified atom stereocenters. The fourth-order valence-corrected chi connectivity index (χ4v) is 1.93. The molecule has 1 amide bonds. The Morgan fingerprint density at radius 2 is 2.10 bits per heavy atom. The maximum atomic E-state index is 12.0. The molecule has 0 aliphatic rings. The van der Waals surface area contributed by atoms with E-state index in [4.69, 9.17) is 18.0 Å². The van der Waals surface area contributed by atoms with Crippen molar-refractivity contribution < 1.29 is 4.79 Å². The molecule has 0 aliphatic heterocycles. The molecule has 0 bridgehead atoms. The normalized spacial score (nSPS) is 10.1. The lowest BCUT2D eigenvalue weighted by atomic mass is 10.1. The molecule has 2 aromatic rings. The summed E-state index contributed by atoms with van der Waals surface area (Å²) in [5.74, 6) is -0.151. The minimum Gasteiger partial charge on any atom is -0.389 e. The molecule has 0 saturated carbocycles. The van der Waals surface area contributed by atoms with Gasteiger partial charge in [0.1, 0.15) is 4.99 Å². The van der Waals surface area contributed by atoms with Gasteiger partial charge in [0, 0.05) is 24.5 Å². The van der Waals surface area contributed by atoms with Crippen molar-refractivity contribution in [1.29, 1.82) is 0 Å². The number of benzene rings is 1. The van der Waals surface area contributed by atoms with Crippen LogP contribution in [-0.2, 0) is 6.54 Å². The van der Waals surface area contributed by atoms with E-state index in [-0.39, 0.29) is 5.91 Å². The van der Waals surface area contributed by atoms with Crippen molar-refractivity contribution in [2.45, 2.75) is 13.5 Å². The summed E-state index contributed by atoms with van der Waals surface area (Å²) < 4.78 is 0. The first-order valence-electron chi connectivity index (χ1n) is 6.15. The minimum atomic E-state index is -0.151. The van der Waals surface area contributed by atoms with Crippen LogP contribution in [0.2, 0.25) is 0 Å². The monoisotopic (exact) mass is 285 g/mol. The SMILES string of the molecule is Cc1cncc(C(=O)NCc2cccc(C(N)=S)c2)c1. The molecular weight excluding hydrogens is 270 g/mol. The Labute approximate surface area is 123 Å². The molecule has 2 rings (SSSR count). The summed E-state index contributed by atoms with van der Waals surface area (Å²) in [7, 11) is 0. The molecule has 0 fully saturated rings. The third-order valence-corrected chi connectivity index (χ3v) is 3.04. The summed E-state index contributed by atoms with van der Waals surface area (Å²) in [5, 5.41) is 2.85. The van der Waals surface area contributed by atoms with Crippen molar-refractivity contribution in [2.24, 2.45) is 5.73 Å². The van der Waals surface area contributed by atoms with Crippen molar-refractivity contribution in [1.82, 2.24) is 10.3 Å². The van der Waals surface area contributed by atoms with E-state index in [1.807, 2.05) is 31.2 Å². The smallest absolute Gasteiger partial charge is 0.253 e. The van der Waals surface area contributed by atoms with Crippen LogP contribution in [0.1, 0.15) is 27.0 Å². The quantitative estimate of drug-likeness (QED) is 0.843. The Hall–Kier alpha value is -2.27. The second-order valence-electron chi connectivity index (χ2n) is 4.50. The van der Waals surface area contributed by atoms with Gasteiger partial charge in [0.05, 0.1) is 5.56 Å². The van der Waals surface area contributed by atoms with Gasteiger partial charge in [0.15, 0.2) is 0 Å². The fraction of sp³-hybridized carbons (Fsp3) is 0.133. The zero-order valence-corrected chi connectivity index (χ0v) is 11.9. The Balaban J connectivity index is 2.03. The van der Waals surface area contributed by atoms with Gasteiger partial charge in [-0.25, -0.2) is 0 Å². The second kappa shape index (κ2) is 6.25. The number of nitrogens with zero attached hydrogens (tertiary/aromatic N) is 1. The lowest BCUT2D eigenvalue weighted by Gasteiger charge is -2.07. The number of hydrogen-bond acceptors (Lipinski definition) is 3. The molecule has 5 heteroatoms. The summed E-state index contributed by atoms with van der Waals surface area (Å²) in [5.41, 5.74) is 8.83. The van der Waals surface area contributed by atoms with Crippen LogP contribution in [0, 0.1) is 6.92 Å². The van der Waals surface area contributed by atoms with E-state index < -0.39 is 0 Å². The van der Waals surface area contributed by atoms with Gasteiger partial charge in [-0.15, -0.1) is 0 Å². The molecular formula is C15H15N3OS. The number of aryl methyl sites for hydroxylation is 1. The highest BCUT2D eigenvalue weighted by Crippen LogP contribution is 2.06. The Morgan fingerprint density at radius 3 is 2.80 bits per heavy atom. The molecule has 0 aliphatic carbocycles. The van der Waals surface area contributed by atoms with Crippen LogP contribution in [0.4, 0.5) is 0 Å². The molecule has 102 valence electrons. The second-order valence-corrected chi connectivity index (χ2v) is 4.94. The zero-order chi connectivity index (χ0) is 14.5. The largest absolute Gasteiger partial charge is 0.389 e. The standard InChI is InChI=1S/C15H15N3OS/c1-10-5-13(9-17-7-10)15(19)18-8-11-3-2-4-12(6-11)14(16)20/h2-7,9H,8H2,1H3,(H2,16,20)(H,18,19). The van der Waals surface area contributed by atoms with Crippen LogP contribution in [0.15, 0.2) is 42.7 Å². The van der Waals surface area contributed by atoms with Gasteiger partial charge in [0.2, 0.25) is 0 Å². The molecule has 20 heavy (non-hydrogen) atoms. The number of rotatable bonds is 4. The van der Waals surface area contributed by atoms with E-state index in [1.165, 1.54) is 0 Å². The number of nitrogens with one attached hydrogen (secondary N) is 1. The van der Waals surface area contributed by atoms with Gasteiger partial charge in [0.25, 0.3) is 5.91 Å². The van der Waals surface area contributed by atoms with Crippen molar-refractivity contribution in [2.75, 3.05) is 0 Å². The average molecular weight is 285 g/mol. The number of amides is 1. The average Bonchev–Trinajstić information content (AvgIpc) is 2.45. The molecule has 1 heterocycles. The molecule has 1 aromatic carbocycles. The first-order valence-corrected chi connectivity index (χ1v) is 6.55. The maximum absolute atomic E-state index is 12.0. The summed E-state index contributed by atoms with van der Waals surface area (Å²) in [6, 6.07) is 9.30. The minimum absolute atomic E-state index is 0.151. The summed E-state index contributed by atoms with van der Waals surface area (Å²) in [4.78, 5) is 16.3. The predicted octanol–water partition coefficient (Wildman–Crippen LogP) is 1.95. The molecule has 1 aromatic heterocycles. The highest BCUT2D eigenvalue weighted by atomic mass is 32.1. The van der Waals surface area contributed by atoms with Crippen LogP contribution < -0.4 is 11.1 Å². The van der Waals surface area contributed by atoms with Gasteiger partial charge >= 0.3 is 0 Å². The fourth-order valence-electron chi connectivity index (χ4n) is 1.80. The first kappa shape index (κ1) is 14.1. The predicted molar refractivity (Wildman–Crippen MR) is 82.5 cm³/mol. The number of aromatic nitrogens is 1. The van der Waals surface area contributed by atoms with Crippen LogP contribution in [0.5, 0.6) is 0 Å². The zero-order valence-electron chi connectivity index (χ0n) is 11.1. The number of carbonyl (C=O) groups excluding carboxylic acids is 1. The third-order valence-electron chi connectivity index (χ3n) is 2.80. The van der Waals surface area contributed by atoms with E-state index in [9.17, 15) is 4.79 Å². The van der Waals surface area contributed by atoms with Gasteiger partial charge in [-0.1, -0.05) is 30.4 Å². The molecule has 4 nitrogen and oxygen atoms in total. The van der Waals surface area contributed by atoms with Crippen LogP contribution >= 0.6 is 12.2 Å². The molecule has 0 spiro atoms. The lowest BCUT2D eigenvalue weighted by Crippen LogP contribution is -2.23. The van der Waals surface area contributed by atoms with Crippen molar-refractivity contribution >= 4 is 23.1 Å². The number of thiocarbonyl (C=S) groups is 1. The van der Waals surface area contributed by atoms with Gasteiger partial charge in [-0.05, 0) is 30.2 Å². The number of carbonyl (C=O) groups is 1. The highest BCUT2D eigenvalue weighted by Gasteiger charge is 2.06. The molecule has 0 saturated heterocycles.